The summed E-state index contributed by atoms with van der Waals surface area (Å²) in [7, 11) is 0. The van der Waals surface area contributed by atoms with E-state index in [1.807, 2.05) is 108 Å². The van der Waals surface area contributed by atoms with E-state index in [4.69, 9.17) is 13.2 Å². The normalized spacial score (nSPS) is 9.64. The monoisotopic (exact) mass is 442 g/mol. The average Bonchev–Trinajstić information content (AvgIpc) is 2.94. The van der Waals surface area contributed by atoms with Gasteiger partial charge in [0.25, 0.3) is 0 Å². The molecule has 1 aliphatic rings. The zero-order valence-electron chi connectivity index (χ0n) is 18.3. The molecule has 1 aromatic carbocycles. The van der Waals surface area contributed by atoms with Crippen LogP contribution in [0.2, 0.25) is 0 Å². The predicted octanol–water partition coefficient (Wildman–Crippen LogP) is 7.93. The fourth-order valence-corrected chi connectivity index (χ4v) is 1.70. The SMILES string of the molecule is [C-]1=CC=CC=CC1.[CH-]=C(C)C=C(C)C.[CH-]=C(C)C=C(C)C.[Ti+2].[Ti+2].c1cc[cH-]c1. The molecule has 28 heavy (non-hydrogen) atoms. The molecule has 0 saturated carbocycles. The Morgan fingerprint density at radius 1 is 0.786 bits per heavy atom. The first-order chi connectivity index (χ1) is 12.3. The van der Waals surface area contributed by atoms with Crippen LogP contribution in [0.1, 0.15) is 48.0 Å². The standard InChI is InChI=1S/C7H7.2C7H11.C5H5.2Ti/c1-2-4-6-7-5-3-1;2*1-6(2)5-7(3)4;1-2-4-5-3-1;;/h1-5H,6H2;2*1,5H,2-4H3;1-5H;;/q4*-1;2*+2. The molecule has 0 radical (unpaired) electrons. The van der Waals surface area contributed by atoms with Gasteiger partial charge in [0.1, 0.15) is 0 Å². The number of rotatable bonds is 2. The van der Waals surface area contributed by atoms with Crippen LogP contribution in [0.25, 0.3) is 0 Å². The molecule has 0 N–H and O–H groups in total. The summed E-state index contributed by atoms with van der Waals surface area (Å²) in [6.07, 6.45) is 17.9. The molecule has 0 saturated heterocycles. The second-order valence-corrected chi connectivity index (χ2v) is 6.28. The van der Waals surface area contributed by atoms with Gasteiger partial charge in [0.2, 0.25) is 0 Å². The fourth-order valence-electron chi connectivity index (χ4n) is 1.70. The Kier molecular flexibility index (Phi) is 32.0. The summed E-state index contributed by atoms with van der Waals surface area (Å²) in [6.45, 7) is 22.5. The molecule has 1 aliphatic carbocycles. The van der Waals surface area contributed by atoms with Gasteiger partial charge in [0, 0.05) is 0 Å². The zero-order valence-corrected chi connectivity index (χ0v) is 21.4. The average molecular weight is 442 g/mol. The summed E-state index contributed by atoms with van der Waals surface area (Å²) in [5, 5.41) is 0. The fraction of sp³-hybridized carbons (Fsp3) is 0.269. The molecule has 0 amide bonds. The summed E-state index contributed by atoms with van der Waals surface area (Å²) in [5.41, 5.74) is 4.25. The molecule has 0 aromatic heterocycles. The molecule has 0 bridgehead atoms. The van der Waals surface area contributed by atoms with Crippen molar-refractivity contribution < 1.29 is 43.4 Å². The Balaban J connectivity index is -0.000000135. The van der Waals surface area contributed by atoms with Crippen molar-refractivity contribution in [3.05, 3.63) is 114 Å². The second-order valence-electron chi connectivity index (χ2n) is 6.28. The van der Waals surface area contributed by atoms with Crippen molar-refractivity contribution in [2.75, 3.05) is 0 Å². The summed E-state index contributed by atoms with van der Waals surface area (Å²) in [4.78, 5) is 0. The molecule has 2 heteroatoms. The maximum Gasteiger partial charge on any atom is 2.00 e. The molecule has 0 unspecified atom stereocenters. The van der Waals surface area contributed by atoms with E-state index >= 15 is 0 Å². The molecule has 0 atom stereocenters. The van der Waals surface area contributed by atoms with E-state index in [9.17, 15) is 0 Å². The second kappa shape index (κ2) is 26.0. The maximum absolute atomic E-state index is 5.33. The number of allylic oxidation sites excluding steroid dienone is 12. The van der Waals surface area contributed by atoms with E-state index in [1.165, 1.54) is 11.1 Å². The Labute approximate surface area is 204 Å². The number of hydrogen-bond acceptors (Lipinski definition) is 0. The summed E-state index contributed by atoms with van der Waals surface area (Å²) in [5.74, 6) is 0. The summed E-state index contributed by atoms with van der Waals surface area (Å²) in [6, 6.07) is 10.0. The van der Waals surface area contributed by atoms with Gasteiger partial charge >= 0.3 is 43.4 Å². The molecule has 0 fully saturated rings. The van der Waals surface area contributed by atoms with Crippen molar-refractivity contribution in [1.29, 1.82) is 0 Å². The predicted molar refractivity (Wildman–Crippen MR) is 119 cm³/mol. The van der Waals surface area contributed by atoms with Gasteiger partial charge in [-0.25, -0.2) is 47.6 Å². The largest absolute Gasteiger partial charge is 2.00 e. The van der Waals surface area contributed by atoms with Gasteiger partial charge in [-0.05, 0) is 0 Å². The summed E-state index contributed by atoms with van der Waals surface area (Å²) >= 11 is 0. The quantitative estimate of drug-likeness (QED) is 0.248. The van der Waals surface area contributed by atoms with Gasteiger partial charge in [-0.15, -0.1) is 6.08 Å². The van der Waals surface area contributed by atoms with Crippen LogP contribution in [0.3, 0.4) is 0 Å². The van der Waals surface area contributed by atoms with Crippen LogP contribution < -0.4 is 0 Å². The third kappa shape index (κ3) is 39.9. The van der Waals surface area contributed by atoms with Gasteiger partial charge in [-0.1, -0.05) is 60.1 Å². The van der Waals surface area contributed by atoms with Crippen LogP contribution in [0.15, 0.2) is 95.2 Å². The third-order valence-corrected chi connectivity index (χ3v) is 2.40. The first kappa shape index (κ1) is 34.5. The minimum absolute atomic E-state index is 0. The Hall–Kier alpha value is -1.04. The molecule has 0 spiro atoms. The first-order valence-corrected chi connectivity index (χ1v) is 8.78. The minimum atomic E-state index is 0. The van der Waals surface area contributed by atoms with Gasteiger partial charge < -0.3 is 0 Å². The van der Waals surface area contributed by atoms with Crippen molar-refractivity contribution in [3.63, 3.8) is 0 Å². The third-order valence-electron chi connectivity index (χ3n) is 2.40. The molecule has 1 aromatic rings. The van der Waals surface area contributed by atoms with E-state index in [-0.39, 0.29) is 43.4 Å². The van der Waals surface area contributed by atoms with E-state index in [0.29, 0.717) is 0 Å². The van der Waals surface area contributed by atoms with Crippen molar-refractivity contribution in [3.8, 4) is 0 Å². The van der Waals surface area contributed by atoms with E-state index in [0.717, 1.165) is 17.6 Å². The molecular weight excluding hydrogens is 408 g/mol. The molecule has 0 nitrogen and oxygen atoms in total. The smallest absolute Gasteiger partial charge is 0.290 e. The Bertz CT molecular complexity index is 554. The van der Waals surface area contributed by atoms with E-state index in [1.54, 1.807) is 0 Å². The topological polar surface area (TPSA) is 0 Å². The van der Waals surface area contributed by atoms with Crippen molar-refractivity contribution in [2.45, 2.75) is 48.0 Å². The van der Waals surface area contributed by atoms with Crippen LogP contribution in [0, 0.1) is 19.2 Å². The molecule has 146 valence electrons. The van der Waals surface area contributed by atoms with Gasteiger partial charge in [-0.3, -0.25) is 19.2 Å². The molecule has 0 heterocycles. The van der Waals surface area contributed by atoms with Crippen LogP contribution in [0.4, 0.5) is 0 Å². The van der Waals surface area contributed by atoms with Gasteiger partial charge in [-0.2, -0.15) is 29.3 Å². The molecular formula is C26H34Ti2. The van der Waals surface area contributed by atoms with E-state index in [2.05, 4.69) is 12.2 Å². The minimum Gasteiger partial charge on any atom is -0.290 e. The Morgan fingerprint density at radius 3 is 1.54 bits per heavy atom. The summed E-state index contributed by atoms with van der Waals surface area (Å²) < 4.78 is 0. The Morgan fingerprint density at radius 2 is 1.25 bits per heavy atom. The van der Waals surface area contributed by atoms with Gasteiger partial charge in [0.05, 0.1) is 0 Å². The molecule has 0 aliphatic heterocycles. The first-order valence-electron chi connectivity index (χ1n) is 8.78. The maximum atomic E-state index is 5.33. The van der Waals surface area contributed by atoms with Crippen LogP contribution >= 0.6 is 0 Å². The van der Waals surface area contributed by atoms with Crippen LogP contribution in [-0.4, -0.2) is 0 Å². The van der Waals surface area contributed by atoms with Crippen molar-refractivity contribution in [1.82, 2.24) is 0 Å². The van der Waals surface area contributed by atoms with Crippen LogP contribution in [-0.2, 0) is 43.4 Å². The van der Waals surface area contributed by atoms with Gasteiger partial charge in [0.15, 0.2) is 0 Å². The zero-order chi connectivity index (χ0) is 20.2. The van der Waals surface area contributed by atoms with Crippen molar-refractivity contribution in [2.24, 2.45) is 0 Å². The van der Waals surface area contributed by atoms with E-state index < -0.39 is 0 Å². The van der Waals surface area contributed by atoms with Crippen molar-refractivity contribution >= 4 is 0 Å². The number of hydrogen-bond donors (Lipinski definition) is 0. The molecule has 2 rings (SSSR count). The van der Waals surface area contributed by atoms with Crippen LogP contribution in [0.5, 0.6) is 0 Å².